The molecule has 1 heterocycles. The van der Waals surface area contributed by atoms with Gasteiger partial charge in [0.25, 0.3) is 0 Å². The molecule has 0 aliphatic carbocycles. The van der Waals surface area contributed by atoms with Crippen LogP contribution in [0.3, 0.4) is 0 Å². The van der Waals surface area contributed by atoms with E-state index in [1.165, 1.54) is 4.88 Å². The lowest BCUT2D eigenvalue weighted by molar-refractivity contribution is 0.119. The highest BCUT2D eigenvalue weighted by atomic mass is 79.9. The van der Waals surface area contributed by atoms with Crippen LogP contribution in [0.2, 0.25) is 0 Å². The highest BCUT2D eigenvalue weighted by Crippen LogP contribution is 2.21. The standard InChI is InChI=1S/C12H20BrNOS/c1-12(2,3)5-10(15)6-14-7-11-4-9(13)8-16-11/h4,8,10,14-15H,5-7H2,1-3H3. The summed E-state index contributed by atoms with van der Waals surface area (Å²) in [6.45, 7) is 7.93. The monoisotopic (exact) mass is 305 g/mol. The van der Waals surface area contributed by atoms with Crippen LogP contribution in [-0.2, 0) is 6.54 Å². The first kappa shape index (κ1) is 14.2. The smallest absolute Gasteiger partial charge is 0.0669 e. The number of rotatable bonds is 5. The lowest BCUT2D eigenvalue weighted by Crippen LogP contribution is -2.29. The van der Waals surface area contributed by atoms with Crippen molar-refractivity contribution in [3.05, 3.63) is 20.8 Å². The van der Waals surface area contributed by atoms with Crippen molar-refractivity contribution >= 4 is 27.3 Å². The third-order valence-corrected chi connectivity index (χ3v) is 3.85. The molecule has 0 saturated heterocycles. The molecule has 0 fully saturated rings. The van der Waals surface area contributed by atoms with Crippen molar-refractivity contribution in [2.75, 3.05) is 6.54 Å². The first-order valence-corrected chi connectivity index (χ1v) is 7.16. The lowest BCUT2D eigenvalue weighted by atomic mass is 9.89. The normalized spacial score (nSPS) is 14.1. The number of aliphatic hydroxyl groups is 1. The van der Waals surface area contributed by atoms with Gasteiger partial charge in [-0.1, -0.05) is 20.8 Å². The highest BCUT2D eigenvalue weighted by Gasteiger charge is 2.16. The van der Waals surface area contributed by atoms with E-state index in [4.69, 9.17) is 0 Å². The van der Waals surface area contributed by atoms with Gasteiger partial charge in [-0.15, -0.1) is 11.3 Å². The summed E-state index contributed by atoms with van der Waals surface area (Å²) < 4.78 is 1.13. The zero-order chi connectivity index (χ0) is 12.2. The van der Waals surface area contributed by atoms with Crippen LogP contribution >= 0.6 is 27.3 Å². The van der Waals surface area contributed by atoms with Gasteiger partial charge in [0.1, 0.15) is 0 Å². The molecule has 0 amide bonds. The second-order valence-corrected chi connectivity index (χ2v) is 7.19. The Morgan fingerprint density at radius 1 is 1.50 bits per heavy atom. The molecular weight excluding hydrogens is 286 g/mol. The Labute approximate surface area is 110 Å². The van der Waals surface area contributed by atoms with Gasteiger partial charge in [0.2, 0.25) is 0 Å². The van der Waals surface area contributed by atoms with Gasteiger partial charge in [-0.2, -0.15) is 0 Å². The summed E-state index contributed by atoms with van der Waals surface area (Å²) in [7, 11) is 0. The molecular formula is C12H20BrNOS. The fourth-order valence-corrected chi connectivity index (χ4v) is 3.01. The zero-order valence-electron chi connectivity index (χ0n) is 10.1. The van der Waals surface area contributed by atoms with E-state index in [1.54, 1.807) is 11.3 Å². The maximum atomic E-state index is 9.80. The molecule has 0 radical (unpaired) electrons. The maximum absolute atomic E-state index is 9.80. The predicted molar refractivity (Wildman–Crippen MR) is 73.8 cm³/mol. The molecule has 1 unspecified atom stereocenters. The zero-order valence-corrected chi connectivity index (χ0v) is 12.5. The second kappa shape index (κ2) is 6.15. The minimum atomic E-state index is -0.261. The van der Waals surface area contributed by atoms with Crippen molar-refractivity contribution in [2.45, 2.75) is 39.8 Å². The number of aliphatic hydroxyl groups excluding tert-OH is 1. The molecule has 2 nitrogen and oxygen atoms in total. The summed E-state index contributed by atoms with van der Waals surface area (Å²) in [4.78, 5) is 1.29. The minimum absolute atomic E-state index is 0.188. The molecule has 1 rings (SSSR count). The van der Waals surface area contributed by atoms with Crippen molar-refractivity contribution in [1.82, 2.24) is 5.32 Å². The topological polar surface area (TPSA) is 32.3 Å². The van der Waals surface area contributed by atoms with Crippen molar-refractivity contribution in [2.24, 2.45) is 5.41 Å². The van der Waals surface area contributed by atoms with E-state index in [2.05, 4.69) is 53.5 Å². The lowest BCUT2D eigenvalue weighted by Gasteiger charge is -2.22. The summed E-state index contributed by atoms with van der Waals surface area (Å²) in [5, 5.41) is 15.1. The average Bonchev–Trinajstić information content (AvgIpc) is 2.48. The molecule has 1 aromatic rings. The number of hydrogen-bond donors (Lipinski definition) is 2. The van der Waals surface area contributed by atoms with Crippen LogP contribution in [0.4, 0.5) is 0 Å². The molecule has 0 spiro atoms. The third kappa shape index (κ3) is 5.99. The molecule has 0 saturated carbocycles. The summed E-state index contributed by atoms with van der Waals surface area (Å²) in [6, 6.07) is 2.10. The Morgan fingerprint density at radius 2 is 2.19 bits per heavy atom. The van der Waals surface area contributed by atoms with Crippen molar-refractivity contribution in [3.8, 4) is 0 Å². The van der Waals surface area contributed by atoms with Gasteiger partial charge in [0, 0.05) is 27.8 Å². The van der Waals surface area contributed by atoms with Crippen molar-refractivity contribution in [3.63, 3.8) is 0 Å². The Bertz CT molecular complexity index is 319. The average molecular weight is 306 g/mol. The minimum Gasteiger partial charge on any atom is -0.392 e. The molecule has 0 aliphatic heterocycles. The Morgan fingerprint density at radius 3 is 2.69 bits per heavy atom. The first-order chi connectivity index (χ1) is 7.37. The van der Waals surface area contributed by atoms with Crippen molar-refractivity contribution < 1.29 is 5.11 Å². The van der Waals surface area contributed by atoms with E-state index in [9.17, 15) is 5.11 Å². The molecule has 1 aromatic heterocycles. The van der Waals surface area contributed by atoms with Gasteiger partial charge >= 0.3 is 0 Å². The summed E-state index contributed by atoms with van der Waals surface area (Å²) in [5.74, 6) is 0. The summed E-state index contributed by atoms with van der Waals surface area (Å²) >= 11 is 5.15. The fourth-order valence-electron chi connectivity index (χ4n) is 1.59. The predicted octanol–water partition coefficient (Wildman–Crippen LogP) is 3.40. The van der Waals surface area contributed by atoms with Gasteiger partial charge in [0.15, 0.2) is 0 Å². The van der Waals surface area contributed by atoms with E-state index >= 15 is 0 Å². The van der Waals surface area contributed by atoms with Crippen LogP contribution in [0.25, 0.3) is 0 Å². The van der Waals surface area contributed by atoms with Gasteiger partial charge in [-0.3, -0.25) is 0 Å². The van der Waals surface area contributed by atoms with Crippen LogP contribution in [-0.4, -0.2) is 17.8 Å². The Balaban J connectivity index is 2.20. The number of halogens is 1. The van der Waals surface area contributed by atoms with Crippen LogP contribution in [0.15, 0.2) is 15.9 Å². The number of thiophene rings is 1. The molecule has 0 aromatic carbocycles. The molecule has 1 atom stereocenters. The molecule has 4 heteroatoms. The van der Waals surface area contributed by atoms with E-state index in [-0.39, 0.29) is 11.5 Å². The van der Waals surface area contributed by atoms with E-state index in [0.717, 1.165) is 17.4 Å². The molecule has 16 heavy (non-hydrogen) atoms. The SMILES string of the molecule is CC(C)(C)CC(O)CNCc1cc(Br)cs1. The molecule has 92 valence electrons. The highest BCUT2D eigenvalue weighted by molar-refractivity contribution is 9.10. The van der Waals surface area contributed by atoms with E-state index in [0.29, 0.717) is 6.54 Å². The molecule has 0 aliphatic rings. The summed E-state index contributed by atoms with van der Waals surface area (Å²) in [5.41, 5.74) is 0.188. The van der Waals surface area contributed by atoms with Crippen LogP contribution in [0.5, 0.6) is 0 Å². The van der Waals surface area contributed by atoms with E-state index < -0.39 is 0 Å². The van der Waals surface area contributed by atoms with Crippen LogP contribution < -0.4 is 5.32 Å². The van der Waals surface area contributed by atoms with Crippen molar-refractivity contribution in [1.29, 1.82) is 0 Å². The van der Waals surface area contributed by atoms with Gasteiger partial charge in [0.05, 0.1) is 6.10 Å². The van der Waals surface area contributed by atoms with Gasteiger partial charge < -0.3 is 10.4 Å². The number of hydrogen-bond acceptors (Lipinski definition) is 3. The maximum Gasteiger partial charge on any atom is 0.0669 e. The fraction of sp³-hybridized carbons (Fsp3) is 0.667. The summed E-state index contributed by atoms with van der Waals surface area (Å²) in [6.07, 6.45) is 0.567. The Kier molecular flexibility index (Phi) is 5.44. The molecule has 2 N–H and O–H groups in total. The largest absolute Gasteiger partial charge is 0.392 e. The van der Waals surface area contributed by atoms with Crippen LogP contribution in [0.1, 0.15) is 32.1 Å². The Hall–Kier alpha value is 0.1000. The third-order valence-electron chi connectivity index (χ3n) is 2.15. The van der Waals surface area contributed by atoms with Gasteiger partial charge in [-0.05, 0) is 33.8 Å². The molecule has 0 bridgehead atoms. The quantitative estimate of drug-likeness (QED) is 0.874. The second-order valence-electron chi connectivity index (χ2n) is 5.28. The van der Waals surface area contributed by atoms with E-state index in [1.807, 2.05) is 0 Å². The first-order valence-electron chi connectivity index (χ1n) is 5.48. The number of nitrogens with one attached hydrogen (secondary N) is 1. The van der Waals surface area contributed by atoms with Gasteiger partial charge in [-0.25, -0.2) is 0 Å². The van der Waals surface area contributed by atoms with Crippen LogP contribution in [0, 0.1) is 5.41 Å².